The van der Waals surface area contributed by atoms with Gasteiger partial charge in [-0.25, -0.2) is 4.98 Å². The Morgan fingerprint density at radius 3 is 1.86 bits per heavy atom. The molecule has 0 saturated carbocycles. The van der Waals surface area contributed by atoms with Crippen molar-refractivity contribution in [2.45, 2.75) is 44.2 Å². The van der Waals surface area contributed by atoms with Crippen molar-refractivity contribution in [3.63, 3.8) is 0 Å². The van der Waals surface area contributed by atoms with E-state index in [9.17, 15) is 5.11 Å². The highest BCUT2D eigenvalue weighted by Gasteiger charge is 2.44. The molecule has 0 aliphatic heterocycles. The molecule has 0 amide bonds. The molecule has 0 radical (unpaired) electrons. The summed E-state index contributed by atoms with van der Waals surface area (Å²) in [5, 5.41) is 12.2. The van der Waals surface area contributed by atoms with Gasteiger partial charge in [-0.1, -0.05) is 91.0 Å². The first kappa shape index (κ1) is 23.0. The van der Waals surface area contributed by atoms with Crippen molar-refractivity contribution in [3.8, 4) is 0 Å². The smallest absolute Gasteiger partial charge is 0.134 e. The standard InChI is InChI=1S/C32H30N2OS/c1-23-28-19-12-20-31(35,30(28)24(2)36-23)29-21-34(22-33-29)32(25-13-6-3-7-14-25,26-15-8-4-9-16-26)27-17-10-5-11-18-27/h3-11,13-18,21-22,35H,12,19-20H2,1-2H3. The number of imidazole rings is 1. The van der Waals surface area contributed by atoms with Crippen LogP contribution < -0.4 is 0 Å². The second-order valence-corrected chi connectivity index (χ2v) is 11.2. The van der Waals surface area contributed by atoms with Crippen LogP contribution in [0.5, 0.6) is 0 Å². The Balaban J connectivity index is 1.62. The highest BCUT2D eigenvalue weighted by Crippen LogP contribution is 2.47. The summed E-state index contributed by atoms with van der Waals surface area (Å²) >= 11 is 1.79. The lowest BCUT2D eigenvalue weighted by Crippen LogP contribution is -2.37. The van der Waals surface area contributed by atoms with E-state index in [1.165, 1.54) is 15.3 Å². The first-order chi connectivity index (χ1) is 17.5. The molecule has 0 saturated heterocycles. The van der Waals surface area contributed by atoms with Crippen LogP contribution in [0.1, 0.15) is 56.1 Å². The third-order valence-corrected chi connectivity index (χ3v) is 8.80. The summed E-state index contributed by atoms with van der Waals surface area (Å²) in [7, 11) is 0. The van der Waals surface area contributed by atoms with E-state index in [-0.39, 0.29) is 0 Å². The summed E-state index contributed by atoms with van der Waals surface area (Å²) in [4.78, 5) is 7.43. The van der Waals surface area contributed by atoms with Crippen molar-refractivity contribution in [1.29, 1.82) is 0 Å². The van der Waals surface area contributed by atoms with E-state index in [4.69, 9.17) is 4.98 Å². The van der Waals surface area contributed by atoms with E-state index in [1.54, 1.807) is 11.3 Å². The van der Waals surface area contributed by atoms with Gasteiger partial charge in [0.25, 0.3) is 0 Å². The van der Waals surface area contributed by atoms with Gasteiger partial charge in [0, 0.05) is 21.5 Å². The Kier molecular flexibility index (Phi) is 5.66. The highest BCUT2D eigenvalue weighted by atomic mass is 32.1. The maximum atomic E-state index is 12.2. The molecule has 2 heterocycles. The van der Waals surface area contributed by atoms with Crippen LogP contribution in [0.4, 0.5) is 0 Å². The van der Waals surface area contributed by atoms with Crippen LogP contribution in [0.15, 0.2) is 104 Å². The molecule has 4 heteroatoms. The molecule has 2 aromatic heterocycles. The molecule has 0 fully saturated rings. The zero-order valence-corrected chi connectivity index (χ0v) is 21.5. The molecule has 1 aliphatic rings. The Hall–Kier alpha value is -3.47. The number of thiophene rings is 1. The molecule has 0 bridgehead atoms. The third-order valence-electron chi connectivity index (χ3n) is 7.73. The average Bonchev–Trinajstić information content (AvgIpc) is 3.53. The molecule has 1 unspecified atom stereocenters. The number of hydrogen-bond acceptors (Lipinski definition) is 3. The van der Waals surface area contributed by atoms with Crippen LogP contribution in [0.25, 0.3) is 0 Å². The van der Waals surface area contributed by atoms with Gasteiger partial charge in [0.1, 0.15) is 11.1 Å². The van der Waals surface area contributed by atoms with Crippen molar-refractivity contribution in [1.82, 2.24) is 9.55 Å². The van der Waals surface area contributed by atoms with Crippen LogP contribution in [0, 0.1) is 13.8 Å². The molecular formula is C32H30N2OS. The molecule has 1 atom stereocenters. The molecule has 1 N–H and O–H groups in total. The van der Waals surface area contributed by atoms with Crippen molar-refractivity contribution in [2.24, 2.45) is 0 Å². The summed E-state index contributed by atoms with van der Waals surface area (Å²) < 4.78 is 2.20. The minimum Gasteiger partial charge on any atom is -0.379 e. The Morgan fingerprint density at radius 1 is 0.806 bits per heavy atom. The van der Waals surface area contributed by atoms with Crippen molar-refractivity contribution >= 4 is 11.3 Å². The zero-order chi connectivity index (χ0) is 24.8. The second kappa shape index (κ2) is 8.88. The van der Waals surface area contributed by atoms with Gasteiger partial charge in [-0.15, -0.1) is 11.3 Å². The average molecular weight is 491 g/mol. The summed E-state index contributed by atoms with van der Waals surface area (Å²) in [6.45, 7) is 4.30. The summed E-state index contributed by atoms with van der Waals surface area (Å²) in [5.74, 6) is 0. The number of fused-ring (bicyclic) bond motifs is 1. The quantitative estimate of drug-likeness (QED) is 0.270. The molecule has 1 aliphatic carbocycles. The number of nitrogens with zero attached hydrogens (tertiary/aromatic N) is 2. The molecule has 6 rings (SSSR count). The van der Waals surface area contributed by atoms with E-state index in [1.807, 2.05) is 6.33 Å². The summed E-state index contributed by atoms with van der Waals surface area (Å²) in [6.07, 6.45) is 6.64. The maximum absolute atomic E-state index is 12.2. The molecule has 36 heavy (non-hydrogen) atoms. The fraction of sp³-hybridized carbons (Fsp3) is 0.219. The predicted molar refractivity (Wildman–Crippen MR) is 147 cm³/mol. The summed E-state index contributed by atoms with van der Waals surface area (Å²) in [6, 6.07) is 31.8. The first-order valence-electron chi connectivity index (χ1n) is 12.6. The molecular weight excluding hydrogens is 460 g/mol. The van der Waals surface area contributed by atoms with Gasteiger partial charge in [0.15, 0.2) is 0 Å². The largest absolute Gasteiger partial charge is 0.379 e. The Bertz CT molecular complexity index is 1390. The minimum atomic E-state index is -1.08. The van der Waals surface area contributed by atoms with Gasteiger partial charge < -0.3 is 9.67 Å². The molecule has 3 nitrogen and oxygen atoms in total. The van der Waals surface area contributed by atoms with Crippen molar-refractivity contribution in [3.05, 3.63) is 147 Å². The SMILES string of the molecule is Cc1sc(C)c2c1CCCC2(O)c1cn(C(c2ccccc2)(c2ccccc2)c2ccccc2)cn1. The number of aromatic nitrogens is 2. The van der Waals surface area contributed by atoms with E-state index in [0.717, 1.165) is 40.8 Å². The van der Waals surface area contributed by atoms with Gasteiger partial charge in [0.05, 0.1) is 12.0 Å². The van der Waals surface area contributed by atoms with E-state index >= 15 is 0 Å². The van der Waals surface area contributed by atoms with Crippen LogP contribution in [0.2, 0.25) is 0 Å². The topological polar surface area (TPSA) is 38.0 Å². The number of benzene rings is 3. The van der Waals surface area contributed by atoms with Crippen molar-refractivity contribution in [2.75, 3.05) is 0 Å². The van der Waals surface area contributed by atoms with Crippen LogP contribution in [-0.4, -0.2) is 14.7 Å². The van der Waals surface area contributed by atoms with Gasteiger partial charge in [-0.3, -0.25) is 0 Å². The third kappa shape index (κ3) is 3.40. The fourth-order valence-electron chi connectivity index (χ4n) is 6.18. The number of rotatable bonds is 5. The molecule has 0 spiro atoms. The molecule has 3 aromatic carbocycles. The number of hydrogen-bond donors (Lipinski definition) is 1. The molecule has 180 valence electrons. The lowest BCUT2D eigenvalue weighted by molar-refractivity contribution is 0.0573. The van der Waals surface area contributed by atoms with Gasteiger partial charge in [-0.2, -0.15) is 0 Å². The van der Waals surface area contributed by atoms with Crippen LogP contribution in [-0.2, 0) is 17.6 Å². The summed E-state index contributed by atoms with van der Waals surface area (Å²) in [5.41, 5.74) is 4.82. The van der Waals surface area contributed by atoms with Gasteiger partial charge in [0.2, 0.25) is 0 Å². The maximum Gasteiger partial charge on any atom is 0.134 e. The van der Waals surface area contributed by atoms with E-state index in [2.05, 4.69) is 116 Å². The number of aliphatic hydroxyl groups is 1. The highest BCUT2D eigenvalue weighted by molar-refractivity contribution is 7.12. The first-order valence-corrected chi connectivity index (χ1v) is 13.4. The second-order valence-electron chi connectivity index (χ2n) is 9.76. The fourth-order valence-corrected chi connectivity index (χ4v) is 7.36. The lowest BCUT2D eigenvalue weighted by Gasteiger charge is -2.37. The van der Waals surface area contributed by atoms with Crippen LogP contribution >= 0.6 is 11.3 Å². The van der Waals surface area contributed by atoms with Crippen molar-refractivity contribution < 1.29 is 5.11 Å². The number of aryl methyl sites for hydroxylation is 2. The van der Waals surface area contributed by atoms with E-state index < -0.39 is 11.1 Å². The predicted octanol–water partition coefficient (Wildman–Crippen LogP) is 6.97. The van der Waals surface area contributed by atoms with Gasteiger partial charge >= 0.3 is 0 Å². The normalized spacial score (nSPS) is 17.6. The monoisotopic (exact) mass is 490 g/mol. The van der Waals surface area contributed by atoms with E-state index in [0.29, 0.717) is 6.42 Å². The van der Waals surface area contributed by atoms with Gasteiger partial charge in [-0.05, 0) is 55.4 Å². The Labute approximate surface area is 216 Å². The molecule has 5 aromatic rings. The Morgan fingerprint density at radius 2 is 1.33 bits per heavy atom. The lowest BCUT2D eigenvalue weighted by atomic mass is 9.76. The zero-order valence-electron chi connectivity index (χ0n) is 20.7. The van der Waals surface area contributed by atoms with Crippen LogP contribution in [0.3, 0.4) is 0 Å². The minimum absolute atomic E-state index is 0.636.